The zero-order valence-corrected chi connectivity index (χ0v) is 19.3. The van der Waals surface area contributed by atoms with Gasteiger partial charge in [-0.05, 0) is 68.8 Å². The summed E-state index contributed by atoms with van der Waals surface area (Å²) in [5.74, 6) is 2.03. The number of carbonyl (C=O) groups is 1. The van der Waals surface area contributed by atoms with Gasteiger partial charge in [-0.15, -0.1) is 0 Å². The molecule has 3 aromatic rings. The van der Waals surface area contributed by atoms with Crippen LogP contribution in [0.3, 0.4) is 0 Å². The Kier molecular flexibility index (Phi) is 6.63. The molecule has 2 saturated heterocycles. The van der Waals surface area contributed by atoms with Crippen LogP contribution < -0.4 is 9.47 Å². The van der Waals surface area contributed by atoms with Crippen molar-refractivity contribution in [3.63, 3.8) is 0 Å². The number of unbranched alkanes of at least 4 members (excludes halogenated alkanes) is 1. The Bertz CT molecular complexity index is 1080. The van der Waals surface area contributed by atoms with Gasteiger partial charge in [-0.2, -0.15) is 5.10 Å². The Hall–Kier alpha value is -2.86. The minimum Gasteiger partial charge on any atom is -0.493 e. The summed E-state index contributed by atoms with van der Waals surface area (Å²) in [7, 11) is 1.64. The topological polar surface area (TPSA) is 67.5 Å². The van der Waals surface area contributed by atoms with E-state index >= 15 is 0 Å². The Morgan fingerprint density at radius 1 is 1.09 bits per heavy atom. The predicted molar refractivity (Wildman–Crippen MR) is 129 cm³/mol. The molecule has 174 valence electrons. The van der Waals surface area contributed by atoms with Crippen molar-refractivity contribution >= 4 is 17.2 Å². The van der Waals surface area contributed by atoms with Gasteiger partial charge < -0.3 is 14.3 Å². The number of ether oxygens (including phenoxy) is 2. The predicted octanol–water partition coefficient (Wildman–Crippen LogP) is 4.88. The quantitative estimate of drug-likeness (QED) is 0.354. The van der Waals surface area contributed by atoms with Gasteiger partial charge >= 0.3 is 0 Å². The molecule has 0 aliphatic carbocycles. The number of fused-ring (bicyclic) bond motifs is 3. The van der Waals surface area contributed by atoms with Gasteiger partial charge in [0.05, 0.1) is 19.2 Å². The van der Waals surface area contributed by atoms with Gasteiger partial charge in [-0.1, -0.05) is 24.3 Å². The second-order valence-corrected chi connectivity index (χ2v) is 9.36. The maximum atomic E-state index is 10.7. The number of aldehydes is 1. The van der Waals surface area contributed by atoms with E-state index in [1.54, 1.807) is 7.11 Å². The van der Waals surface area contributed by atoms with Gasteiger partial charge in [0.15, 0.2) is 11.5 Å². The highest BCUT2D eigenvalue weighted by Crippen LogP contribution is 2.44. The molecule has 0 amide bonds. The third-order valence-corrected chi connectivity index (χ3v) is 7.40. The number of nitrogens with zero attached hydrogens (tertiary/aromatic N) is 2. The zero-order chi connectivity index (χ0) is 22.6. The molecule has 1 aromatic heterocycles. The summed E-state index contributed by atoms with van der Waals surface area (Å²) in [6.45, 7) is 1.82. The van der Waals surface area contributed by atoms with Crippen molar-refractivity contribution in [2.75, 3.05) is 20.3 Å². The van der Waals surface area contributed by atoms with Crippen molar-refractivity contribution in [1.29, 1.82) is 0 Å². The lowest BCUT2D eigenvalue weighted by molar-refractivity contribution is -0.107. The number of H-pyrrole nitrogens is 1. The smallest absolute Gasteiger partial charge is 0.161 e. The lowest BCUT2D eigenvalue weighted by Gasteiger charge is -2.38. The van der Waals surface area contributed by atoms with Crippen LogP contribution >= 0.6 is 0 Å². The van der Waals surface area contributed by atoms with Crippen molar-refractivity contribution in [2.45, 2.75) is 62.9 Å². The number of hydrogen-bond donors (Lipinski definition) is 1. The first-order valence-corrected chi connectivity index (χ1v) is 12.2. The van der Waals surface area contributed by atoms with Crippen LogP contribution in [0, 0.1) is 0 Å². The Morgan fingerprint density at radius 2 is 1.91 bits per heavy atom. The fourth-order valence-electron chi connectivity index (χ4n) is 5.80. The third-order valence-electron chi connectivity index (χ3n) is 7.40. The van der Waals surface area contributed by atoms with Crippen molar-refractivity contribution in [3.05, 3.63) is 53.7 Å². The average molecular weight is 448 g/mol. The van der Waals surface area contributed by atoms with Crippen molar-refractivity contribution in [3.8, 4) is 11.5 Å². The van der Waals surface area contributed by atoms with Crippen molar-refractivity contribution in [1.82, 2.24) is 15.1 Å². The summed E-state index contributed by atoms with van der Waals surface area (Å²) in [6.07, 6.45) is 8.53. The molecular weight excluding hydrogens is 414 g/mol. The molecule has 2 fully saturated rings. The van der Waals surface area contributed by atoms with Crippen molar-refractivity contribution in [2.24, 2.45) is 0 Å². The Labute approximate surface area is 195 Å². The fourth-order valence-corrected chi connectivity index (χ4v) is 5.80. The van der Waals surface area contributed by atoms with E-state index in [4.69, 9.17) is 9.47 Å². The molecule has 2 unspecified atom stereocenters. The number of methoxy groups -OCH3 is 1. The standard InChI is InChI=1S/C27H33N3O3/c1-32-26-16-19(12-14-31)8-11-25(26)33-15-5-4-13-30-21-9-10-22(30)18-20(17-21)27-23-6-2-3-7-24(23)28-29-27/h2-3,6-8,11,14,16,20-22H,4-5,9-10,12-13,15,17-18H2,1H3,(H,28,29). The number of aromatic amines is 1. The SMILES string of the molecule is COc1cc(CC=O)ccc1OCCCCN1C2CCC1CC(c1[nH]nc3ccccc13)C2. The molecule has 6 heteroatoms. The normalized spacial score (nSPS) is 22.5. The zero-order valence-electron chi connectivity index (χ0n) is 19.3. The summed E-state index contributed by atoms with van der Waals surface area (Å²) in [5.41, 5.74) is 3.36. The third kappa shape index (κ3) is 4.62. The number of benzene rings is 2. The number of para-hydroxylation sites is 1. The number of nitrogens with one attached hydrogen (secondary N) is 1. The maximum absolute atomic E-state index is 10.7. The van der Waals surface area contributed by atoms with E-state index in [9.17, 15) is 4.79 Å². The van der Waals surface area contributed by atoms with Crippen LogP contribution in [0.25, 0.3) is 10.9 Å². The van der Waals surface area contributed by atoms with Gasteiger partial charge in [0.2, 0.25) is 0 Å². The fraction of sp³-hybridized carbons (Fsp3) is 0.481. The number of hydrogen-bond acceptors (Lipinski definition) is 5. The molecule has 0 saturated carbocycles. The molecule has 2 aliphatic rings. The molecule has 5 rings (SSSR count). The van der Waals surface area contributed by atoms with Crippen LogP contribution in [0.15, 0.2) is 42.5 Å². The van der Waals surface area contributed by atoms with E-state index in [0.29, 0.717) is 36.8 Å². The van der Waals surface area contributed by atoms with E-state index in [-0.39, 0.29) is 0 Å². The average Bonchev–Trinajstić information content (AvgIpc) is 3.37. The molecule has 1 N–H and O–H groups in total. The molecule has 2 bridgehead atoms. The summed E-state index contributed by atoms with van der Waals surface area (Å²) in [6, 6.07) is 15.5. The molecule has 2 atom stereocenters. The number of piperidine rings is 1. The first-order valence-electron chi connectivity index (χ1n) is 12.2. The van der Waals surface area contributed by atoms with E-state index in [1.165, 1.54) is 36.8 Å². The highest BCUT2D eigenvalue weighted by atomic mass is 16.5. The number of rotatable bonds is 10. The van der Waals surface area contributed by atoms with Crippen LogP contribution in [-0.2, 0) is 11.2 Å². The molecule has 0 spiro atoms. The molecule has 33 heavy (non-hydrogen) atoms. The molecule has 3 heterocycles. The highest BCUT2D eigenvalue weighted by Gasteiger charge is 2.41. The minimum atomic E-state index is 0.395. The van der Waals surface area contributed by atoms with Gasteiger partial charge in [-0.3, -0.25) is 10.00 Å². The van der Waals surface area contributed by atoms with Crippen LogP contribution in [0.1, 0.15) is 55.7 Å². The number of carbonyl (C=O) groups excluding carboxylic acids is 1. The van der Waals surface area contributed by atoms with Crippen LogP contribution in [0.5, 0.6) is 11.5 Å². The molecule has 6 nitrogen and oxygen atoms in total. The van der Waals surface area contributed by atoms with Crippen LogP contribution in [0.2, 0.25) is 0 Å². The van der Waals surface area contributed by atoms with Crippen LogP contribution in [0.4, 0.5) is 0 Å². The lowest BCUT2D eigenvalue weighted by Crippen LogP contribution is -2.42. The van der Waals surface area contributed by atoms with E-state index in [1.807, 2.05) is 18.2 Å². The highest BCUT2D eigenvalue weighted by molar-refractivity contribution is 5.81. The largest absolute Gasteiger partial charge is 0.493 e. The molecule has 2 aromatic carbocycles. The second-order valence-electron chi connectivity index (χ2n) is 9.36. The Morgan fingerprint density at radius 3 is 2.70 bits per heavy atom. The summed E-state index contributed by atoms with van der Waals surface area (Å²) in [4.78, 5) is 13.5. The summed E-state index contributed by atoms with van der Waals surface area (Å²) >= 11 is 0. The maximum Gasteiger partial charge on any atom is 0.161 e. The van der Waals surface area contributed by atoms with Crippen LogP contribution in [-0.4, -0.2) is 53.7 Å². The van der Waals surface area contributed by atoms with E-state index in [2.05, 4.69) is 39.4 Å². The molecular formula is C27H33N3O3. The van der Waals surface area contributed by atoms with E-state index in [0.717, 1.165) is 42.5 Å². The Balaban J connectivity index is 1.11. The summed E-state index contributed by atoms with van der Waals surface area (Å²) in [5, 5.41) is 9.17. The lowest BCUT2D eigenvalue weighted by atomic mass is 9.86. The van der Waals surface area contributed by atoms with Gasteiger partial charge in [0, 0.05) is 35.5 Å². The second kappa shape index (κ2) is 9.96. The first-order chi connectivity index (χ1) is 16.3. The number of aromatic nitrogens is 2. The molecule has 2 aliphatic heterocycles. The van der Waals surface area contributed by atoms with Gasteiger partial charge in [-0.25, -0.2) is 0 Å². The van der Waals surface area contributed by atoms with E-state index < -0.39 is 0 Å². The summed E-state index contributed by atoms with van der Waals surface area (Å²) < 4.78 is 11.4. The van der Waals surface area contributed by atoms with Gasteiger partial charge in [0.25, 0.3) is 0 Å². The first kappa shape index (κ1) is 22.0. The minimum absolute atomic E-state index is 0.395. The molecule has 0 radical (unpaired) electrons. The van der Waals surface area contributed by atoms with Gasteiger partial charge in [0.1, 0.15) is 6.29 Å². The van der Waals surface area contributed by atoms with Crippen molar-refractivity contribution < 1.29 is 14.3 Å². The monoisotopic (exact) mass is 447 g/mol.